The molecule has 0 fully saturated rings. The molecule has 0 aromatic rings. The number of thiol groups is 2. The summed E-state index contributed by atoms with van der Waals surface area (Å²) in [6, 6.07) is 0. The molecule has 4 heavy (non-hydrogen) atoms. The zero-order valence-corrected chi connectivity index (χ0v) is 3.84. The fourth-order valence-corrected chi connectivity index (χ4v) is 0. The lowest BCUT2D eigenvalue weighted by molar-refractivity contribution is 1.33. The van der Waals surface area contributed by atoms with Gasteiger partial charge in [0.2, 0.25) is 0 Å². The molecule has 2 N–H and O–H groups in total. The maximum absolute atomic E-state index is 4.84. The van der Waals surface area contributed by atoms with E-state index < -0.39 is 0 Å². The molecular formula is CH5NS2. The van der Waals surface area contributed by atoms with Crippen LogP contribution in [0.3, 0.4) is 0 Å². The van der Waals surface area contributed by atoms with Gasteiger partial charge in [0.1, 0.15) is 0 Å². The summed E-state index contributed by atoms with van der Waals surface area (Å²) >= 11 is 7.22. The van der Waals surface area contributed by atoms with Crippen LogP contribution >= 0.6 is 25.3 Å². The number of hydrogen-bond donors (Lipinski definition) is 3. The summed E-state index contributed by atoms with van der Waals surface area (Å²) in [6.45, 7) is 0. The second-order valence-electron chi connectivity index (χ2n) is 0.414. The summed E-state index contributed by atoms with van der Waals surface area (Å²) in [5.41, 5.74) is 4.84. The highest BCUT2D eigenvalue weighted by molar-refractivity contribution is 7.99. The van der Waals surface area contributed by atoms with Gasteiger partial charge in [-0.1, -0.05) is 0 Å². The Morgan fingerprint density at radius 2 is 1.50 bits per heavy atom. The molecule has 0 radical (unpaired) electrons. The van der Waals surface area contributed by atoms with Gasteiger partial charge in [0.05, 0.1) is 4.71 Å². The van der Waals surface area contributed by atoms with E-state index in [4.69, 9.17) is 5.73 Å². The van der Waals surface area contributed by atoms with Crippen molar-refractivity contribution in [3.63, 3.8) is 0 Å². The minimum absolute atomic E-state index is 0.278. The van der Waals surface area contributed by atoms with E-state index in [1.807, 2.05) is 0 Å². The van der Waals surface area contributed by atoms with Gasteiger partial charge in [-0.2, -0.15) is 25.3 Å². The Bertz CT molecular complexity index is 10.8. The summed E-state index contributed by atoms with van der Waals surface area (Å²) in [5, 5.41) is 0. The molecule has 26 valence electrons. The molecule has 0 spiro atoms. The first-order valence-electron chi connectivity index (χ1n) is 0.850. The lowest BCUT2D eigenvalue weighted by atomic mass is 11.5. The maximum atomic E-state index is 4.84. The number of nitrogens with two attached hydrogens (primary N) is 1. The van der Waals surface area contributed by atoms with Crippen LogP contribution in [0.15, 0.2) is 0 Å². The van der Waals surface area contributed by atoms with Crippen LogP contribution in [-0.4, -0.2) is 4.71 Å². The average molecular weight is 95.2 g/mol. The minimum atomic E-state index is -0.278. The Hall–Kier alpha value is 0.660. The van der Waals surface area contributed by atoms with E-state index in [2.05, 4.69) is 25.3 Å². The molecule has 0 aliphatic carbocycles. The van der Waals surface area contributed by atoms with Crippen molar-refractivity contribution in [3.8, 4) is 0 Å². The van der Waals surface area contributed by atoms with Gasteiger partial charge in [-0.25, -0.2) is 0 Å². The van der Waals surface area contributed by atoms with Gasteiger partial charge in [0.25, 0.3) is 0 Å². The Labute approximate surface area is 36.4 Å². The molecule has 0 amide bonds. The predicted octanol–water partition coefficient (Wildman–Crippen LogP) is 0.0883. The van der Waals surface area contributed by atoms with Crippen LogP contribution in [0.25, 0.3) is 0 Å². The van der Waals surface area contributed by atoms with Gasteiger partial charge in [0.15, 0.2) is 0 Å². The van der Waals surface area contributed by atoms with Crippen molar-refractivity contribution in [2.24, 2.45) is 5.73 Å². The fourth-order valence-electron chi connectivity index (χ4n) is 0. The molecule has 0 aromatic carbocycles. The highest BCUT2D eigenvalue weighted by Gasteiger charge is 1.68. The minimum Gasteiger partial charge on any atom is -0.311 e. The van der Waals surface area contributed by atoms with Gasteiger partial charge < -0.3 is 5.73 Å². The Morgan fingerprint density at radius 1 is 1.50 bits per heavy atom. The largest absolute Gasteiger partial charge is 0.311 e. The van der Waals surface area contributed by atoms with Crippen LogP contribution in [0, 0.1) is 0 Å². The van der Waals surface area contributed by atoms with Crippen LogP contribution in [0.1, 0.15) is 0 Å². The van der Waals surface area contributed by atoms with Crippen LogP contribution < -0.4 is 5.73 Å². The lowest BCUT2D eigenvalue weighted by Gasteiger charge is -1.80. The van der Waals surface area contributed by atoms with Gasteiger partial charge >= 0.3 is 0 Å². The van der Waals surface area contributed by atoms with Crippen molar-refractivity contribution in [1.82, 2.24) is 0 Å². The third-order valence-electron chi connectivity index (χ3n) is 0. The van der Waals surface area contributed by atoms with E-state index in [1.54, 1.807) is 0 Å². The number of rotatable bonds is 0. The topological polar surface area (TPSA) is 26.0 Å². The smallest absolute Gasteiger partial charge is 0.0919 e. The van der Waals surface area contributed by atoms with Crippen molar-refractivity contribution in [2.75, 3.05) is 0 Å². The SMILES string of the molecule is NC(S)S. The molecule has 0 aliphatic rings. The lowest BCUT2D eigenvalue weighted by Crippen LogP contribution is -1.99. The molecular weight excluding hydrogens is 90.2 g/mol. The first-order chi connectivity index (χ1) is 1.73. The van der Waals surface area contributed by atoms with Gasteiger partial charge in [-0.15, -0.1) is 0 Å². The molecule has 0 heterocycles. The molecule has 0 bridgehead atoms. The average Bonchev–Trinajstić information content (AvgIpc) is 0.811. The van der Waals surface area contributed by atoms with E-state index in [0.29, 0.717) is 0 Å². The monoisotopic (exact) mass is 95.0 g/mol. The van der Waals surface area contributed by atoms with Gasteiger partial charge in [-0.3, -0.25) is 0 Å². The third-order valence-corrected chi connectivity index (χ3v) is 0. The van der Waals surface area contributed by atoms with Gasteiger partial charge in [0, 0.05) is 0 Å². The molecule has 0 rings (SSSR count). The summed E-state index contributed by atoms with van der Waals surface area (Å²) in [5.74, 6) is 0. The van der Waals surface area contributed by atoms with Crippen LogP contribution in [0.5, 0.6) is 0 Å². The third kappa shape index (κ3) is 16.8. The Morgan fingerprint density at radius 3 is 1.50 bits per heavy atom. The second-order valence-corrected chi connectivity index (χ2v) is 1.93. The molecule has 0 aromatic heterocycles. The predicted molar refractivity (Wildman–Crippen MR) is 25.9 cm³/mol. The first-order valence-corrected chi connectivity index (χ1v) is 1.88. The molecule has 0 saturated carbocycles. The summed E-state index contributed by atoms with van der Waals surface area (Å²) in [7, 11) is 0. The quantitative estimate of drug-likeness (QED) is 0.288. The number of hydrogen-bond acceptors (Lipinski definition) is 3. The maximum Gasteiger partial charge on any atom is 0.0919 e. The van der Waals surface area contributed by atoms with Gasteiger partial charge in [-0.05, 0) is 0 Å². The van der Waals surface area contributed by atoms with E-state index in [0.717, 1.165) is 0 Å². The zero-order valence-electron chi connectivity index (χ0n) is 2.05. The molecule has 1 nitrogen and oxygen atoms in total. The molecule has 0 saturated heterocycles. The highest BCUT2D eigenvalue weighted by atomic mass is 32.2. The second kappa shape index (κ2) is 1.93. The van der Waals surface area contributed by atoms with Crippen molar-refractivity contribution in [1.29, 1.82) is 0 Å². The molecule has 3 heteroatoms. The van der Waals surface area contributed by atoms with Crippen LogP contribution in [0.4, 0.5) is 0 Å². The normalized spacial score (nSPS) is 9.00. The van der Waals surface area contributed by atoms with E-state index in [9.17, 15) is 0 Å². The van der Waals surface area contributed by atoms with Crippen molar-refractivity contribution in [3.05, 3.63) is 0 Å². The van der Waals surface area contributed by atoms with E-state index >= 15 is 0 Å². The Kier molecular flexibility index (Phi) is 2.25. The van der Waals surface area contributed by atoms with Crippen molar-refractivity contribution >= 4 is 25.3 Å². The van der Waals surface area contributed by atoms with E-state index in [1.165, 1.54) is 0 Å². The summed E-state index contributed by atoms with van der Waals surface area (Å²) in [6.07, 6.45) is 0. The fraction of sp³-hybridized carbons (Fsp3) is 1.00. The van der Waals surface area contributed by atoms with Crippen LogP contribution in [-0.2, 0) is 0 Å². The first kappa shape index (κ1) is 4.66. The zero-order chi connectivity index (χ0) is 3.58. The van der Waals surface area contributed by atoms with Crippen molar-refractivity contribution < 1.29 is 0 Å². The summed E-state index contributed by atoms with van der Waals surface area (Å²) in [4.78, 5) is 0. The highest BCUT2D eigenvalue weighted by Crippen LogP contribution is 1.83. The van der Waals surface area contributed by atoms with Crippen LogP contribution in [0.2, 0.25) is 0 Å². The Balaban J connectivity index is 2.32. The van der Waals surface area contributed by atoms with E-state index in [-0.39, 0.29) is 4.71 Å². The summed E-state index contributed by atoms with van der Waals surface area (Å²) < 4.78 is -0.278. The molecule has 0 atom stereocenters. The molecule has 0 unspecified atom stereocenters. The standard InChI is InChI=1S/CH5NS2/c2-1(3)4/h1,3-4H,2H2. The molecule has 0 aliphatic heterocycles. The van der Waals surface area contributed by atoms with Crippen molar-refractivity contribution in [2.45, 2.75) is 4.71 Å².